The van der Waals surface area contributed by atoms with E-state index in [-0.39, 0.29) is 6.04 Å². The number of rotatable bonds is 6. The van der Waals surface area contributed by atoms with Crippen LogP contribution in [-0.2, 0) is 14.5 Å². The SMILES string of the molecule is C/C=C/C(CCC)NS(=O)(=O)OC. The summed E-state index contributed by atoms with van der Waals surface area (Å²) in [6.07, 6.45) is 5.31. The zero-order valence-electron chi connectivity index (χ0n) is 8.28. The van der Waals surface area contributed by atoms with Gasteiger partial charge in [-0.1, -0.05) is 25.5 Å². The summed E-state index contributed by atoms with van der Waals surface area (Å²) in [5.74, 6) is 0. The van der Waals surface area contributed by atoms with Gasteiger partial charge >= 0.3 is 10.3 Å². The molecule has 78 valence electrons. The quantitative estimate of drug-likeness (QED) is 0.666. The Balaban J connectivity index is 4.25. The molecule has 5 heteroatoms. The Bertz CT molecular complexity index is 246. The maximum absolute atomic E-state index is 11.0. The third-order valence-corrected chi connectivity index (χ3v) is 2.57. The fourth-order valence-electron chi connectivity index (χ4n) is 0.971. The minimum absolute atomic E-state index is 0.167. The van der Waals surface area contributed by atoms with Gasteiger partial charge in [0.2, 0.25) is 0 Å². The van der Waals surface area contributed by atoms with Gasteiger partial charge in [0.1, 0.15) is 0 Å². The van der Waals surface area contributed by atoms with Gasteiger partial charge in [-0.3, -0.25) is 4.18 Å². The highest BCUT2D eigenvalue weighted by Crippen LogP contribution is 2.01. The molecule has 13 heavy (non-hydrogen) atoms. The highest BCUT2D eigenvalue weighted by Gasteiger charge is 2.13. The van der Waals surface area contributed by atoms with Crippen LogP contribution < -0.4 is 4.72 Å². The van der Waals surface area contributed by atoms with Crippen LogP contribution in [0.1, 0.15) is 26.7 Å². The van der Waals surface area contributed by atoms with Crippen molar-refractivity contribution in [1.82, 2.24) is 4.72 Å². The molecule has 0 aromatic carbocycles. The summed E-state index contributed by atoms with van der Waals surface area (Å²) in [6, 6.07) is -0.167. The van der Waals surface area contributed by atoms with E-state index in [9.17, 15) is 8.42 Å². The molecule has 1 atom stereocenters. The van der Waals surface area contributed by atoms with Gasteiger partial charge in [0, 0.05) is 6.04 Å². The Morgan fingerprint density at radius 2 is 2.15 bits per heavy atom. The Morgan fingerprint density at radius 3 is 2.54 bits per heavy atom. The van der Waals surface area contributed by atoms with Gasteiger partial charge in [-0.25, -0.2) is 0 Å². The summed E-state index contributed by atoms with van der Waals surface area (Å²) in [6.45, 7) is 3.85. The number of nitrogens with one attached hydrogen (secondary N) is 1. The van der Waals surface area contributed by atoms with E-state index in [1.165, 1.54) is 0 Å². The molecule has 0 spiro atoms. The molecule has 0 aliphatic heterocycles. The molecule has 0 amide bonds. The van der Waals surface area contributed by atoms with Crippen molar-refractivity contribution in [3.05, 3.63) is 12.2 Å². The zero-order valence-corrected chi connectivity index (χ0v) is 9.10. The summed E-state index contributed by atoms with van der Waals surface area (Å²) in [5, 5.41) is 0. The molecule has 0 saturated carbocycles. The van der Waals surface area contributed by atoms with Crippen molar-refractivity contribution < 1.29 is 12.6 Å². The molecular formula is C8H17NO3S. The van der Waals surface area contributed by atoms with Crippen molar-refractivity contribution in [3.63, 3.8) is 0 Å². The van der Waals surface area contributed by atoms with E-state index in [2.05, 4.69) is 8.91 Å². The first-order chi connectivity index (χ1) is 6.05. The monoisotopic (exact) mass is 207 g/mol. The molecule has 0 rings (SSSR count). The van der Waals surface area contributed by atoms with Crippen LogP contribution in [0.4, 0.5) is 0 Å². The van der Waals surface area contributed by atoms with E-state index in [1.54, 1.807) is 6.08 Å². The van der Waals surface area contributed by atoms with Crippen LogP contribution in [0.2, 0.25) is 0 Å². The summed E-state index contributed by atoms with van der Waals surface area (Å²) in [7, 11) is -2.42. The van der Waals surface area contributed by atoms with Crippen molar-refractivity contribution >= 4 is 10.3 Å². The van der Waals surface area contributed by atoms with Gasteiger partial charge in [0.05, 0.1) is 7.11 Å². The highest BCUT2D eigenvalue weighted by molar-refractivity contribution is 7.84. The molecule has 0 radical (unpaired) electrons. The molecule has 4 nitrogen and oxygen atoms in total. The van der Waals surface area contributed by atoms with E-state index in [4.69, 9.17) is 0 Å². The van der Waals surface area contributed by atoms with E-state index in [1.807, 2.05) is 19.9 Å². The maximum Gasteiger partial charge on any atom is 0.336 e. The second-order valence-corrected chi connectivity index (χ2v) is 4.14. The largest absolute Gasteiger partial charge is 0.336 e. The lowest BCUT2D eigenvalue weighted by atomic mass is 10.2. The van der Waals surface area contributed by atoms with Gasteiger partial charge in [-0.2, -0.15) is 13.1 Å². The van der Waals surface area contributed by atoms with E-state index in [0.29, 0.717) is 0 Å². The second-order valence-electron chi connectivity index (χ2n) is 2.66. The van der Waals surface area contributed by atoms with Gasteiger partial charge < -0.3 is 0 Å². The van der Waals surface area contributed by atoms with Crippen LogP contribution in [0.15, 0.2) is 12.2 Å². The highest BCUT2D eigenvalue weighted by atomic mass is 32.2. The van der Waals surface area contributed by atoms with Crippen molar-refractivity contribution in [2.45, 2.75) is 32.7 Å². The van der Waals surface area contributed by atoms with Gasteiger partial charge in [0.25, 0.3) is 0 Å². The second kappa shape index (κ2) is 6.12. The van der Waals surface area contributed by atoms with Gasteiger partial charge in [-0.05, 0) is 13.3 Å². The summed E-state index contributed by atoms with van der Waals surface area (Å²) < 4.78 is 28.7. The zero-order chi connectivity index (χ0) is 10.3. The molecule has 1 unspecified atom stereocenters. The van der Waals surface area contributed by atoms with Crippen molar-refractivity contribution in [2.24, 2.45) is 0 Å². The smallest absolute Gasteiger partial charge is 0.261 e. The molecule has 0 aromatic rings. The molecule has 0 fully saturated rings. The van der Waals surface area contributed by atoms with Crippen LogP contribution in [0.3, 0.4) is 0 Å². The number of allylic oxidation sites excluding steroid dienone is 1. The molecule has 0 bridgehead atoms. The molecular weight excluding hydrogens is 190 g/mol. The minimum atomic E-state index is -3.56. The van der Waals surface area contributed by atoms with Crippen LogP contribution in [0.25, 0.3) is 0 Å². The predicted molar refractivity (Wildman–Crippen MR) is 52.6 cm³/mol. The Hall–Kier alpha value is -0.390. The van der Waals surface area contributed by atoms with Crippen LogP contribution in [0, 0.1) is 0 Å². The standard InChI is InChI=1S/C8H17NO3S/c1-4-6-8(7-5-2)9-13(10,11)12-3/h4,6,8-9H,5,7H2,1-3H3/b6-4+. The summed E-state index contributed by atoms with van der Waals surface area (Å²) in [4.78, 5) is 0. The molecule has 0 aromatic heterocycles. The first kappa shape index (κ1) is 12.6. The fraction of sp³-hybridized carbons (Fsp3) is 0.750. The van der Waals surface area contributed by atoms with E-state index < -0.39 is 10.3 Å². The average molecular weight is 207 g/mol. The molecule has 0 saturated heterocycles. The number of hydrogen-bond acceptors (Lipinski definition) is 3. The van der Waals surface area contributed by atoms with Crippen molar-refractivity contribution in [3.8, 4) is 0 Å². The molecule has 1 N–H and O–H groups in total. The lowest BCUT2D eigenvalue weighted by molar-refractivity contribution is 0.381. The maximum atomic E-state index is 11.0. The van der Waals surface area contributed by atoms with Gasteiger partial charge in [-0.15, -0.1) is 0 Å². The summed E-state index contributed by atoms with van der Waals surface area (Å²) in [5.41, 5.74) is 0. The van der Waals surface area contributed by atoms with Crippen LogP contribution in [0.5, 0.6) is 0 Å². The normalized spacial score (nSPS) is 15.0. The third-order valence-electron chi connectivity index (χ3n) is 1.54. The Labute approximate surface area is 80.2 Å². The van der Waals surface area contributed by atoms with E-state index >= 15 is 0 Å². The molecule has 0 aliphatic rings. The fourth-order valence-corrected chi connectivity index (χ4v) is 1.63. The first-order valence-electron chi connectivity index (χ1n) is 4.26. The van der Waals surface area contributed by atoms with Crippen molar-refractivity contribution in [1.29, 1.82) is 0 Å². The number of hydrogen-bond donors (Lipinski definition) is 1. The topological polar surface area (TPSA) is 55.4 Å². The van der Waals surface area contributed by atoms with Crippen LogP contribution in [-0.4, -0.2) is 21.6 Å². The summed E-state index contributed by atoms with van der Waals surface area (Å²) >= 11 is 0. The van der Waals surface area contributed by atoms with Gasteiger partial charge in [0.15, 0.2) is 0 Å². The predicted octanol–water partition coefficient (Wildman–Crippen LogP) is 1.21. The Morgan fingerprint density at radius 1 is 1.54 bits per heavy atom. The van der Waals surface area contributed by atoms with Crippen molar-refractivity contribution in [2.75, 3.05) is 7.11 Å². The third kappa shape index (κ3) is 5.79. The lowest BCUT2D eigenvalue weighted by Gasteiger charge is -2.12. The minimum Gasteiger partial charge on any atom is -0.261 e. The Kier molecular flexibility index (Phi) is 5.94. The molecule has 0 heterocycles. The lowest BCUT2D eigenvalue weighted by Crippen LogP contribution is -2.33. The average Bonchev–Trinajstić information content (AvgIpc) is 2.05. The first-order valence-corrected chi connectivity index (χ1v) is 5.67. The van der Waals surface area contributed by atoms with E-state index in [0.717, 1.165) is 20.0 Å². The van der Waals surface area contributed by atoms with Crippen LogP contribution >= 0.6 is 0 Å². The molecule has 0 aliphatic carbocycles.